The molecular formula is C14H24N2O4. The van der Waals surface area contributed by atoms with E-state index in [1.165, 1.54) is 20.9 Å². The summed E-state index contributed by atoms with van der Waals surface area (Å²) in [5.41, 5.74) is -1.30. The Morgan fingerprint density at radius 1 is 1.25 bits per heavy atom. The van der Waals surface area contributed by atoms with Gasteiger partial charge >= 0.3 is 5.97 Å². The number of carboxylic acids is 1. The van der Waals surface area contributed by atoms with Crippen molar-refractivity contribution in [3.05, 3.63) is 0 Å². The summed E-state index contributed by atoms with van der Waals surface area (Å²) in [5.74, 6) is -1.60. The zero-order valence-corrected chi connectivity index (χ0v) is 12.6. The quantitative estimate of drug-likeness (QED) is 0.788. The molecule has 0 aliphatic heterocycles. The van der Waals surface area contributed by atoms with Crippen molar-refractivity contribution in [3.8, 4) is 0 Å². The fourth-order valence-electron chi connectivity index (χ4n) is 2.29. The highest BCUT2D eigenvalue weighted by molar-refractivity contribution is 5.91. The maximum absolute atomic E-state index is 12.2. The molecule has 2 amide bonds. The fraction of sp³-hybridized carbons (Fsp3) is 0.786. The Morgan fingerprint density at radius 2 is 1.75 bits per heavy atom. The lowest BCUT2D eigenvalue weighted by Gasteiger charge is -2.33. The summed E-state index contributed by atoms with van der Waals surface area (Å²) in [6.45, 7) is 4.50. The van der Waals surface area contributed by atoms with Crippen molar-refractivity contribution in [1.82, 2.24) is 10.2 Å². The zero-order valence-electron chi connectivity index (χ0n) is 12.6. The summed E-state index contributed by atoms with van der Waals surface area (Å²) in [7, 11) is 1.44. The van der Waals surface area contributed by atoms with Crippen molar-refractivity contribution in [2.45, 2.75) is 58.0 Å². The van der Waals surface area contributed by atoms with Crippen LogP contribution in [-0.4, -0.2) is 46.4 Å². The largest absolute Gasteiger partial charge is 0.480 e. The van der Waals surface area contributed by atoms with Crippen LogP contribution in [-0.2, 0) is 14.4 Å². The van der Waals surface area contributed by atoms with Gasteiger partial charge in [0.25, 0.3) is 0 Å². The van der Waals surface area contributed by atoms with E-state index in [1.807, 2.05) is 0 Å². The molecule has 114 valence electrons. The number of nitrogens with zero attached hydrogens (tertiary/aromatic N) is 1. The second-order valence-corrected chi connectivity index (χ2v) is 5.97. The number of aliphatic carboxylic acids is 1. The number of hydrogen-bond acceptors (Lipinski definition) is 3. The average molecular weight is 284 g/mol. The molecule has 6 nitrogen and oxygen atoms in total. The third kappa shape index (κ3) is 3.49. The molecule has 1 atom stereocenters. The molecule has 0 spiro atoms. The number of hydrogen-bond donors (Lipinski definition) is 2. The maximum atomic E-state index is 12.2. The lowest BCUT2D eigenvalue weighted by atomic mass is 10.0. The first-order valence-corrected chi connectivity index (χ1v) is 6.99. The second-order valence-electron chi connectivity index (χ2n) is 5.97. The van der Waals surface area contributed by atoms with E-state index in [0.717, 1.165) is 30.6 Å². The van der Waals surface area contributed by atoms with Crippen LogP contribution in [0.1, 0.15) is 46.5 Å². The van der Waals surface area contributed by atoms with Crippen LogP contribution in [0, 0.1) is 5.92 Å². The SMILES string of the molecule is CC(NC(=O)C1CCCC1)C(=O)N(C)C(C)(C)C(=O)O. The summed E-state index contributed by atoms with van der Waals surface area (Å²) < 4.78 is 0. The number of rotatable bonds is 5. The third-order valence-corrected chi connectivity index (χ3v) is 4.15. The molecule has 0 aromatic heterocycles. The Kier molecular flexibility index (Phi) is 5.14. The van der Waals surface area contributed by atoms with E-state index in [9.17, 15) is 14.4 Å². The molecule has 2 N–H and O–H groups in total. The molecule has 0 heterocycles. The van der Waals surface area contributed by atoms with Crippen molar-refractivity contribution in [2.24, 2.45) is 5.92 Å². The van der Waals surface area contributed by atoms with Crippen LogP contribution in [0.25, 0.3) is 0 Å². The van der Waals surface area contributed by atoms with Gasteiger partial charge in [-0.2, -0.15) is 0 Å². The van der Waals surface area contributed by atoms with Crippen molar-refractivity contribution in [2.75, 3.05) is 7.05 Å². The molecule has 1 fully saturated rings. The monoisotopic (exact) mass is 284 g/mol. The Balaban J connectivity index is 2.62. The van der Waals surface area contributed by atoms with Gasteiger partial charge in [-0.3, -0.25) is 9.59 Å². The molecule has 0 bridgehead atoms. The fourth-order valence-corrected chi connectivity index (χ4v) is 2.29. The lowest BCUT2D eigenvalue weighted by Crippen LogP contribution is -2.56. The number of carboxylic acid groups (broad SMARTS) is 1. The van der Waals surface area contributed by atoms with E-state index in [4.69, 9.17) is 5.11 Å². The Bertz CT molecular complexity index is 400. The molecule has 0 saturated heterocycles. The summed E-state index contributed by atoms with van der Waals surface area (Å²) in [6.07, 6.45) is 3.82. The maximum Gasteiger partial charge on any atom is 0.329 e. The normalized spacial score (nSPS) is 17.6. The Hall–Kier alpha value is -1.59. The van der Waals surface area contributed by atoms with Crippen molar-refractivity contribution >= 4 is 17.8 Å². The van der Waals surface area contributed by atoms with Gasteiger partial charge in [0.15, 0.2) is 0 Å². The van der Waals surface area contributed by atoms with Crippen molar-refractivity contribution in [3.63, 3.8) is 0 Å². The highest BCUT2D eigenvalue weighted by Crippen LogP contribution is 2.24. The molecule has 1 aliphatic rings. The number of likely N-dealkylation sites (N-methyl/N-ethyl adjacent to an activating group) is 1. The van der Waals surface area contributed by atoms with Gasteiger partial charge in [0, 0.05) is 13.0 Å². The van der Waals surface area contributed by atoms with E-state index in [1.54, 1.807) is 6.92 Å². The molecule has 20 heavy (non-hydrogen) atoms. The first-order valence-electron chi connectivity index (χ1n) is 6.99. The van der Waals surface area contributed by atoms with Crippen LogP contribution in [0.3, 0.4) is 0 Å². The summed E-state index contributed by atoms with van der Waals surface area (Å²) in [6, 6.07) is -0.716. The van der Waals surface area contributed by atoms with E-state index in [2.05, 4.69) is 5.32 Å². The van der Waals surface area contributed by atoms with Crippen LogP contribution >= 0.6 is 0 Å². The van der Waals surface area contributed by atoms with E-state index < -0.39 is 23.5 Å². The number of carbonyl (C=O) groups excluding carboxylic acids is 2. The minimum atomic E-state index is -1.30. The van der Waals surface area contributed by atoms with Gasteiger partial charge in [0.2, 0.25) is 11.8 Å². The molecule has 1 unspecified atom stereocenters. The number of nitrogens with one attached hydrogen (secondary N) is 1. The molecule has 0 radical (unpaired) electrons. The van der Waals surface area contributed by atoms with Gasteiger partial charge in [0.05, 0.1) is 0 Å². The van der Waals surface area contributed by atoms with Crippen LogP contribution in [0.5, 0.6) is 0 Å². The zero-order chi connectivity index (χ0) is 15.5. The van der Waals surface area contributed by atoms with Gasteiger partial charge in [-0.25, -0.2) is 4.79 Å². The predicted molar refractivity (Wildman–Crippen MR) is 74.0 cm³/mol. The van der Waals surface area contributed by atoms with Gasteiger partial charge in [0.1, 0.15) is 11.6 Å². The molecular weight excluding hydrogens is 260 g/mol. The summed E-state index contributed by atoms with van der Waals surface area (Å²) in [4.78, 5) is 36.5. The topological polar surface area (TPSA) is 86.7 Å². The van der Waals surface area contributed by atoms with E-state index in [-0.39, 0.29) is 11.8 Å². The Labute approximate surface area is 119 Å². The summed E-state index contributed by atoms with van der Waals surface area (Å²) >= 11 is 0. The standard InChI is InChI=1S/C14H24N2O4/c1-9(15-11(17)10-7-5-6-8-10)12(18)16(4)14(2,3)13(19)20/h9-10H,5-8H2,1-4H3,(H,15,17)(H,19,20). The highest BCUT2D eigenvalue weighted by atomic mass is 16.4. The average Bonchev–Trinajstić information content (AvgIpc) is 2.90. The highest BCUT2D eigenvalue weighted by Gasteiger charge is 2.37. The van der Waals surface area contributed by atoms with Crippen molar-refractivity contribution < 1.29 is 19.5 Å². The van der Waals surface area contributed by atoms with Crippen LogP contribution in [0.2, 0.25) is 0 Å². The smallest absolute Gasteiger partial charge is 0.329 e. The molecule has 1 rings (SSSR count). The van der Waals surface area contributed by atoms with Gasteiger partial charge < -0.3 is 15.3 Å². The third-order valence-electron chi connectivity index (χ3n) is 4.15. The molecule has 6 heteroatoms. The van der Waals surface area contributed by atoms with Crippen molar-refractivity contribution in [1.29, 1.82) is 0 Å². The van der Waals surface area contributed by atoms with Crippen LogP contribution in [0.15, 0.2) is 0 Å². The molecule has 1 saturated carbocycles. The first-order chi connectivity index (χ1) is 9.17. The molecule has 0 aromatic rings. The lowest BCUT2D eigenvalue weighted by molar-refractivity contribution is -0.156. The number of amides is 2. The van der Waals surface area contributed by atoms with Gasteiger partial charge in [-0.1, -0.05) is 12.8 Å². The molecule has 1 aliphatic carbocycles. The Morgan fingerprint density at radius 3 is 2.20 bits per heavy atom. The minimum Gasteiger partial charge on any atom is -0.480 e. The summed E-state index contributed by atoms with van der Waals surface area (Å²) in [5, 5.41) is 11.8. The van der Waals surface area contributed by atoms with Crippen LogP contribution < -0.4 is 5.32 Å². The predicted octanol–water partition coefficient (Wildman–Crippen LogP) is 1.00. The van der Waals surface area contributed by atoms with Gasteiger partial charge in [-0.15, -0.1) is 0 Å². The van der Waals surface area contributed by atoms with Gasteiger partial charge in [-0.05, 0) is 33.6 Å². The van der Waals surface area contributed by atoms with E-state index >= 15 is 0 Å². The second kappa shape index (κ2) is 6.24. The number of carbonyl (C=O) groups is 3. The molecule has 0 aromatic carbocycles. The van der Waals surface area contributed by atoms with Crippen LogP contribution in [0.4, 0.5) is 0 Å². The van der Waals surface area contributed by atoms with E-state index in [0.29, 0.717) is 0 Å². The first kappa shape index (κ1) is 16.5. The minimum absolute atomic E-state index is 0.0111.